The van der Waals surface area contributed by atoms with Crippen molar-refractivity contribution in [3.8, 4) is 11.5 Å². The van der Waals surface area contributed by atoms with Gasteiger partial charge >= 0.3 is 0 Å². The van der Waals surface area contributed by atoms with E-state index in [0.717, 1.165) is 28.1 Å². The maximum Gasteiger partial charge on any atom is 0.158 e. The molecule has 0 amide bonds. The third kappa shape index (κ3) is 1.54. The highest BCUT2D eigenvalue weighted by Crippen LogP contribution is 2.24. The van der Waals surface area contributed by atoms with Crippen molar-refractivity contribution in [2.75, 3.05) is 5.73 Å². The maximum absolute atomic E-state index is 6.04. The number of nitrogens with two attached hydrogens (primary N) is 1. The smallest absolute Gasteiger partial charge is 0.158 e. The molecule has 2 N–H and O–H groups in total. The zero-order chi connectivity index (χ0) is 11.8. The Labute approximate surface area is 98.7 Å². The van der Waals surface area contributed by atoms with Crippen LogP contribution in [0.2, 0.25) is 0 Å². The van der Waals surface area contributed by atoms with Crippen LogP contribution in [0.25, 0.3) is 22.4 Å². The average Bonchev–Trinajstić information content (AvgIpc) is 2.75. The molecule has 2 aromatic heterocycles. The molecule has 84 valence electrons. The van der Waals surface area contributed by atoms with Gasteiger partial charge in [0.1, 0.15) is 5.69 Å². The molecule has 0 bridgehead atoms. The molecule has 4 nitrogen and oxygen atoms in total. The predicted molar refractivity (Wildman–Crippen MR) is 68.4 cm³/mol. The number of rotatable bonds is 1. The van der Waals surface area contributed by atoms with E-state index in [1.54, 1.807) is 6.20 Å². The van der Waals surface area contributed by atoms with Crippen molar-refractivity contribution in [3.05, 3.63) is 42.7 Å². The van der Waals surface area contributed by atoms with E-state index < -0.39 is 0 Å². The molecular weight excluding hydrogens is 212 g/mol. The molecule has 0 fully saturated rings. The van der Waals surface area contributed by atoms with Crippen molar-refractivity contribution in [3.63, 3.8) is 0 Å². The fraction of sp³-hybridized carbons (Fsp3) is 0.0769. The lowest BCUT2D eigenvalue weighted by Gasteiger charge is -2.06. The fourth-order valence-electron chi connectivity index (χ4n) is 1.93. The molecular formula is C13H12N4. The van der Waals surface area contributed by atoms with E-state index in [9.17, 15) is 0 Å². The Hall–Kier alpha value is -2.36. The number of nitrogen functional groups attached to an aromatic ring is 1. The fourth-order valence-corrected chi connectivity index (χ4v) is 1.93. The van der Waals surface area contributed by atoms with Gasteiger partial charge in [0.25, 0.3) is 0 Å². The Morgan fingerprint density at radius 1 is 1.24 bits per heavy atom. The van der Waals surface area contributed by atoms with E-state index in [-0.39, 0.29) is 0 Å². The molecule has 4 heteroatoms. The minimum Gasteiger partial charge on any atom is -0.398 e. The number of hydrogen-bond donors (Lipinski definition) is 1. The van der Waals surface area contributed by atoms with Crippen LogP contribution in [0, 0.1) is 0 Å². The Morgan fingerprint density at radius 3 is 2.82 bits per heavy atom. The normalized spacial score (nSPS) is 10.9. The number of anilines is 1. The lowest BCUT2D eigenvalue weighted by molar-refractivity contribution is 0.919. The van der Waals surface area contributed by atoms with Gasteiger partial charge in [0, 0.05) is 30.5 Å². The molecule has 3 rings (SSSR count). The van der Waals surface area contributed by atoms with Crippen molar-refractivity contribution < 1.29 is 0 Å². The predicted octanol–water partition coefficient (Wildman–Crippen LogP) is 2.22. The SMILES string of the molecule is Cn1ccnc1-c1cc(N)c2ccccc2n1. The van der Waals surface area contributed by atoms with Crippen molar-refractivity contribution in [1.29, 1.82) is 0 Å². The van der Waals surface area contributed by atoms with E-state index in [2.05, 4.69) is 9.97 Å². The molecule has 0 aliphatic rings. The van der Waals surface area contributed by atoms with Gasteiger partial charge in [-0.15, -0.1) is 0 Å². The van der Waals surface area contributed by atoms with Crippen molar-refractivity contribution >= 4 is 16.6 Å². The standard InChI is InChI=1S/C13H12N4/c1-17-7-6-15-13(17)12-8-10(14)9-4-2-3-5-11(9)16-12/h2-8H,1H3,(H2,14,16). The lowest BCUT2D eigenvalue weighted by atomic mass is 10.1. The molecule has 1 aromatic carbocycles. The molecule has 2 heterocycles. The van der Waals surface area contributed by atoms with Gasteiger partial charge in [-0.1, -0.05) is 18.2 Å². The van der Waals surface area contributed by atoms with Crippen molar-refractivity contribution in [2.24, 2.45) is 7.05 Å². The second-order valence-electron chi connectivity index (χ2n) is 3.98. The largest absolute Gasteiger partial charge is 0.398 e. The van der Waals surface area contributed by atoms with Crippen molar-refractivity contribution in [1.82, 2.24) is 14.5 Å². The number of aryl methyl sites for hydroxylation is 1. The van der Waals surface area contributed by atoms with Crippen LogP contribution in [0.5, 0.6) is 0 Å². The Kier molecular flexibility index (Phi) is 2.08. The Bertz CT molecular complexity index is 685. The van der Waals surface area contributed by atoms with Gasteiger partial charge in [0.05, 0.1) is 5.52 Å². The summed E-state index contributed by atoms with van der Waals surface area (Å²) in [5, 5.41) is 0.977. The van der Waals surface area contributed by atoms with E-state index in [0.29, 0.717) is 0 Å². The number of aromatic nitrogens is 3. The molecule has 0 saturated carbocycles. The highest BCUT2D eigenvalue weighted by atomic mass is 15.0. The van der Waals surface area contributed by atoms with Crippen molar-refractivity contribution in [2.45, 2.75) is 0 Å². The Balaban J connectivity index is 2.29. The summed E-state index contributed by atoms with van der Waals surface area (Å²) < 4.78 is 1.93. The topological polar surface area (TPSA) is 56.7 Å². The molecule has 0 saturated heterocycles. The number of fused-ring (bicyclic) bond motifs is 1. The van der Waals surface area contributed by atoms with Crippen LogP contribution in [-0.4, -0.2) is 14.5 Å². The van der Waals surface area contributed by atoms with Gasteiger partial charge in [-0.3, -0.25) is 0 Å². The van der Waals surface area contributed by atoms with E-state index >= 15 is 0 Å². The maximum atomic E-state index is 6.04. The zero-order valence-corrected chi connectivity index (χ0v) is 9.46. The second kappa shape index (κ2) is 3.59. The second-order valence-corrected chi connectivity index (χ2v) is 3.98. The first kappa shape index (κ1) is 9.84. The van der Waals surface area contributed by atoms with Crippen LogP contribution >= 0.6 is 0 Å². The third-order valence-electron chi connectivity index (χ3n) is 2.80. The zero-order valence-electron chi connectivity index (χ0n) is 9.46. The molecule has 17 heavy (non-hydrogen) atoms. The monoisotopic (exact) mass is 224 g/mol. The number of pyridine rings is 1. The van der Waals surface area contributed by atoms with Crippen LogP contribution < -0.4 is 5.73 Å². The first-order valence-electron chi connectivity index (χ1n) is 5.38. The number of nitrogens with zero attached hydrogens (tertiary/aromatic N) is 3. The summed E-state index contributed by atoms with van der Waals surface area (Å²) in [5.74, 6) is 0.822. The quantitative estimate of drug-likeness (QED) is 0.689. The summed E-state index contributed by atoms with van der Waals surface area (Å²) >= 11 is 0. The van der Waals surface area contributed by atoms with Gasteiger partial charge in [0.2, 0.25) is 0 Å². The van der Waals surface area contributed by atoms with Gasteiger partial charge < -0.3 is 10.3 Å². The van der Waals surface area contributed by atoms with Gasteiger partial charge in [-0.25, -0.2) is 9.97 Å². The number of benzene rings is 1. The van der Waals surface area contributed by atoms with Gasteiger partial charge in [-0.05, 0) is 12.1 Å². The number of imidazole rings is 1. The van der Waals surface area contributed by atoms with E-state index in [1.165, 1.54) is 0 Å². The summed E-state index contributed by atoms with van der Waals surface area (Å²) in [6.07, 6.45) is 3.64. The number of hydrogen-bond acceptors (Lipinski definition) is 3. The molecule has 0 unspecified atom stereocenters. The molecule has 3 aromatic rings. The summed E-state index contributed by atoms with van der Waals surface area (Å²) in [5.41, 5.74) is 8.46. The van der Waals surface area contributed by atoms with E-state index in [1.807, 2.05) is 48.1 Å². The van der Waals surface area contributed by atoms with Gasteiger partial charge in [-0.2, -0.15) is 0 Å². The molecule has 0 spiro atoms. The summed E-state index contributed by atoms with van der Waals surface area (Å²) in [4.78, 5) is 8.85. The lowest BCUT2D eigenvalue weighted by Crippen LogP contribution is -1.97. The average molecular weight is 224 g/mol. The minimum atomic E-state index is 0.730. The van der Waals surface area contributed by atoms with Gasteiger partial charge in [0.15, 0.2) is 5.82 Å². The van der Waals surface area contributed by atoms with Crippen LogP contribution in [0.15, 0.2) is 42.7 Å². The van der Waals surface area contributed by atoms with Crippen LogP contribution in [0.1, 0.15) is 0 Å². The minimum absolute atomic E-state index is 0.730. The molecule has 0 aliphatic heterocycles. The third-order valence-corrected chi connectivity index (χ3v) is 2.80. The first-order chi connectivity index (χ1) is 8.25. The summed E-state index contributed by atoms with van der Waals surface area (Å²) in [7, 11) is 1.94. The summed E-state index contributed by atoms with van der Waals surface area (Å²) in [6, 6.07) is 9.71. The highest BCUT2D eigenvalue weighted by Gasteiger charge is 2.08. The molecule has 0 atom stereocenters. The van der Waals surface area contributed by atoms with Crippen LogP contribution in [-0.2, 0) is 7.05 Å². The first-order valence-corrected chi connectivity index (χ1v) is 5.38. The molecule has 0 radical (unpaired) electrons. The van der Waals surface area contributed by atoms with Crippen LogP contribution in [0.4, 0.5) is 5.69 Å². The number of para-hydroxylation sites is 1. The molecule has 0 aliphatic carbocycles. The summed E-state index contributed by atoms with van der Waals surface area (Å²) in [6.45, 7) is 0. The van der Waals surface area contributed by atoms with Crippen LogP contribution in [0.3, 0.4) is 0 Å². The van der Waals surface area contributed by atoms with E-state index in [4.69, 9.17) is 5.73 Å². The Morgan fingerprint density at radius 2 is 2.06 bits per heavy atom. The highest BCUT2D eigenvalue weighted by molar-refractivity contribution is 5.92.